The fourth-order valence-electron chi connectivity index (χ4n) is 2.53. The molecule has 1 aromatic rings. The first kappa shape index (κ1) is 17.5. The summed E-state index contributed by atoms with van der Waals surface area (Å²) in [5.41, 5.74) is -0.224. The van der Waals surface area contributed by atoms with Crippen molar-refractivity contribution in [3.05, 3.63) is 46.4 Å². The van der Waals surface area contributed by atoms with Crippen LogP contribution in [-0.4, -0.2) is 35.0 Å². The molecule has 0 saturated carbocycles. The third-order valence-electron chi connectivity index (χ3n) is 3.48. The molecule has 1 aromatic carbocycles. The van der Waals surface area contributed by atoms with Crippen LogP contribution in [-0.2, 0) is 9.53 Å². The lowest BCUT2D eigenvalue weighted by atomic mass is 9.92. The number of rotatable bonds is 2. The number of hydrogen-bond donors (Lipinski definition) is 1. The maximum atomic E-state index is 13.6. The number of nitrogens with zero attached hydrogens (tertiary/aromatic N) is 2. The smallest absolute Gasteiger partial charge is 0.416 e. The zero-order chi connectivity index (χ0) is 18.2. The Morgan fingerprint density at radius 1 is 1.25 bits per heavy atom. The van der Waals surface area contributed by atoms with Gasteiger partial charge in [0.2, 0.25) is 0 Å². The van der Waals surface area contributed by atoms with Crippen LogP contribution >= 0.6 is 0 Å². The molecule has 24 heavy (non-hydrogen) atoms. The fourth-order valence-corrected chi connectivity index (χ4v) is 2.53. The summed E-state index contributed by atoms with van der Waals surface area (Å²) in [5.74, 6) is -5.25. The SMILES string of the molecule is COC1=NC(C)=C(C(C)=O)C(c2cc(F)c(F)c(F)c2)N1C(=O)O. The first-order valence-electron chi connectivity index (χ1n) is 6.70. The van der Waals surface area contributed by atoms with E-state index in [1.54, 1.807) is 0 Å². The topological polar surface area (TPSA) is 79.2 Å². The Kier molecular flexibility index (Phi) is 4.63. The molecule has 128 valence electrons. The maximum Gasteiger partial charge on any atom is 0.416 e. The Morgan fingerprint density at radius 2 is 1.79 bits per heavy atom. The van der Waals surface area contributed by atoms with Crippen molar-refractivity contribution >= 4 is 17.9 Å². The van der Waals surface area contributed by atoms with E-state index in [1.807, 2.05) is 0 Å². The number of hydrogen-bond acceptors (Lipinski definition) is 4. The van der Waals surface area contributed by atoms with Crippen molar-refractivity contribution in [3.63, 3.8) is 0 Å². The van der Waals surface area contributed by atoms with E-state index in [9.17, 15) is 27.9 Å². The van der Waals surface area contributed by atoms with E-state index in [2.05, 4.69) is 4.99 Å². The fraction of sp³-hybridized carbons (Fsp3) is 0.267. The molecule has 0 fully saturated rings. The van der Waals surface area contributed by atoms with Crippen LogP contribution in [0, 0.1) is 17.5 Å². The number of ketones is 1. The average Bonchev–Trinajstić information content (AvgIpc) is 2.49. The van der Waals surface area contributed by atoms with Crippen LogP contribution in [0.15, 0.2) is 28.4 Å². The van der Waals surface area contributed by atoms with Gasteiger partial charge in [-0.2, -0.15) is 0 Å². The zero-order valence-corrected chi connectivity index (χ0v) is 12.9. The lowest BCUT2D eigenvalue weighted by Crippen LogP contribution is -2.44. The van der Waals surface area contributed by atoms with Gasteiger partial charge in [0.15, 0.2) is 23.2 Å². The summed E-state index contributed by atoms with van der Waals surface area (Å²) in [7, 11) is 1.16. The number of aliphatic imine (C=N–C) groups is 1. The third kappa shape index (κ3) is 2.84. The van der Waals surface area contributed by atoms with Crippen LogP contribution < -0.4 is 0 Å². The molecule has 1 amide bonds. The van der Waals surface area contributed by atoms with Crippen LogP contribution in [0.1, 0.15) is 25.5 Å². The number of carbonyl (C=O) groups is 2. The number of amidine groups is 1. The highest BCUT2D eigenvalue weighted by atomic mass is 19.2. The first-order chi connectivity index (χ1) is 11.2. The van der Waals surface area contributed by atoms with E-state index in [1.165, 1.54) is 6.92 Å². The molecule has 0 aliphatic carbocycles. The van der Waals surface area contributed by atoms with E-state index in [-0.39, 0.29) is 22.9 Å². The first-order valence-corrected chi connectivity index (χ1v) is 6.70. The molecule has 0 spiro atoms. The summed E-state index contributed by atoms with van der Waals surface area (Å²) >= 11 is 0. The van der Waals surface area contributed by atoms with Gasteiger partial charge in [0.05, 0.1) is 12.8 Å². The molecule has 0 saturated heterocycles. The number of benzene rings is 1. The number of halogens is 3. The number of amides is 1. The van der Waals surface area contributed by atoms with Gasteiger partial charge in [-0.1, -0.05) is 0 Å². The average molecular weight is 342 g/mol. The van der Waals surface area contributed by atoms with Crippen molar-refractivity contribution in [1.82, 2.24) is 4.90 Å². The quantitative estimate of drug-likeness (QED) is 0.838. The number of methoxy groups -OCH3 is 1. The Morgan fingerprint density at radius 3 is 2.21 bits per heavy atom. The minimum absolute atomic E-state index is 0.0939. The maximum absolute atomic E-state index is 13.6. The molecule has 9 heteroatoms. The minimum Gasteiger partial charge on any atom is -0.468 e. The lowest BCUT2D eigenvalue weighted by molar-refractivity contribution is -0.114. The normalized spacial score (nSPS) is 17.7. The second-order valence-electron chi connectivity index (χ2n) is 5.01. The molecule has 1 heterocycles. The molecule has 1 atom stereocenters. The number of carboxylic acid groups (broad SMARTS) is 1. The summed E-state index contributed by atoms with van der Waals surface area (Å²) in [6.07, 6.45) is -1.56. The van der Waals surface area contributed by atoms with Gasteiger partial charge in [-0.15, -0.1) is 0 Å². The Hall–Kier alpha value is -2.84. The molecule has 1 N–H and O–H groups in total. The van der Waals surface area contributed by atoms with E-state index >= 15 is 0 Å². The number of Topliss-reactive ketones (excluding diaryl/α,β-unsaturated/α-hetero) is 1. The molecule has 0 aromatic heterocycles. The Bertz CT molecular complexity index is 766. The van der Waals surface area contributed by atoms with E-state index < -0.39 is 35.4 Å². The molecule has 0 bridgehead atoms. The zero-order valence-electron chi connectivity index (χ0n) is 12.9. The molecule has 1 aliphatic rings. The second-order valence-corrected chi connectivity index (χ2v) is 5.01. The molecular formula is C15H13F3N2O4. The van der Waals surface area contributed by atoms with Crippen molar-refractivity contribution < 1.29 is 32.6 Å². The molecule has 2 rings (SSSR count). The molecule has 6 nitrogen and oxygen atoms in total. The number of allylic oxidation sites excluding steroid dienone is 1. The van der Waals surface area contributed by atoms with Gasteiger partial charge in [0, 0.05) is 5.57 Å². The standard InChI is InChI=1S/C15H13F3N2O4/c1-6-11(7(2)21)13(20(15(22)23)14(19-6)24-3)8-4-9(16)12(18)10(17)5-8/h4-5,13H,1-3H3,(H,22,23). The van der Waals surface area contributed by atoms with E-state index in [0.717, 1.165) is 14.0 Å². The molecule has 0 radical (unpaired) electrons. The highest BCUT2D eigenvalue weighted by Gasteiger charge is 2.39. The predicted octanol–water partition coefficient (Wildman–Crippen LogP) is 3.00. The van der Waals surface area contributed by atoms with Crippen LogP contribution in [0.25, 0.3) is 0 Å². The number of carbonyl (C=O) groups excluding carboxylic acids is 1. The van der Waals surface area contributed by atoms with Crippen LogP contribution in [0.2, 0.25) is 0 Å². The molecule has 1 unspecified atom stereocenters. The van der Waals surface area contributed by atoms with Crippen LogP contribution in [0.5, 0.6) is 0 Å². The summed E-state index contributed by atoms with van der Waals surface area (Å²) in [5, 5.41) is 9.42. The summed E-state index contributed by atoms with van der Waals surface area (Å²) in [6.45, 7) is 2.59. The van der Waals surface area contributed by atoms with Crippen molar-refractivity contribution in [2.45, 2.75) is 19.9 Å². The van der Waals surface area contributed by atoms with Crippen molar-refractivity contribution in [3.8, 4) is 0 Å². The Balaban J connectivity index is 2.76. The monoisotopic (exact) mass is 342 g/mol. The molecule has 1 aliphatic heterocycles. The van der Waals surface area contributed by atoms with Gasteiger partial charge in [-0.05, 0) is 31.5 Å². The number of ether oxygens (including phenoxy) is 1. The van der Waals surface area contributed by atoms with Gasteiger partial charge >= 0.3 is 12.1 Å². The van der Waals surface area contributed by atoms with Crippen LogP contribution in [0.3, 0.4) is 0 Å². The molecular weight excluding hydrogens is 329 g/mol. The van der Waals surface area contributed by atoms with E-state index in [0.29, 0.717) is 17.0 Å². The summed E-state index contributed by atoms with van der Waals surface area (Å²) < 4.78 is 45.3. The van der Waals surface area contributed by atoms with Gasteiger partial charge in [-0.25, -0.2) is 27.9 Å². The van der Waals surface area contributed by atoms with Gasteiger partial charge in [0.1, 0.15) is 6.04 Å². The minimum atomic E-state index is -1.69. The second kappa shape index (κ2) is 6.34. The predicted molar refractivity (Wildman–Crippen MR) is 76.7 cm³/mol. The third-order valence-corrected chi connectivity index (χ3v) is 3.48. The summed E-state index contributed by atoms with van der Waals surface area (Å²) in [4.78, 5) is 28.0. The van der Waals surface area contributed by atoms with Gasteiger partial charge in [-0.3, -0.25) is 4.79 Å². The largest absolute Gasteiger partial charge is 0.468 e. The van der Waals surface area contributed by atoms with Crippen molar-refractivity contribution in [1.29, 1.82) is 0 Å². The lowest BCUT2D eigenvalue weighted by Gasteiger charge is -2.34. The van der Waals surface area contributed by atoms with Gasteiger partial charge < -0.3 is 9.84 Å². The highest BCUT2D eigenvalue weighted by molar-refractivity contribution is 6.01. The van der Waals surface area contributed by atoms with Crippen LogP contribution in [0.4, 0.5) is 18.0 Å². The summed E-state index contributed by atoms with van der Waals surface area (Å²) in [6, 6.07) is -0.529. The van der Waals surface area contributed by atoms with Crippen molar-refractivity contribution in [2.75, 3.05) is 7.11 Å². The Labute approximate surface area is 134 Å². The van der Waals surface area contributed by atoms with E-state index in [4.69, 9.17) is 4.74 Å². The highest BCUT2D eigenvalue weighted by Crippen LogP contribution is 2.36. The van der Waals surface area contributed by atoms with Gasteiger partial charge in [0.25, 0.3) is 0 Å². The van der Waals surface area contributed by atoms with Crippen molar-refractivity contribution in [2.24, 2.45) is 4.99 Å².